The van der Waals surface area contributed by atoms with Crippen molar-refractivity contribution in [3.63, 3.8) is 0 Å². The molecule has 0 unspecified atom stereocenters. The Morgan fingerprint density at radius 3 is 2.42 bits per heavy atom. The highest BCUT2D eigenvalue weighted by Crippen LogP contribution is 2.27. The second-order valence-electron chi connectivity index (χ2n) is 3.89. The first-order valence-electron chi connectivity index (χ1n) is 4.29. The van der Waals surface area contributed by atoms with E-state index in [0.717, 1.165) is 0 Å². The van der Waals surface area contributed by atoms with Gasteiger partial charge < -0.3 is 0 Å². The molecule has 12 heavy (non-hydrogen) atoms. The summed E-state index contributed by atoms with van der Waals surface area (Å²) in [5, 5.41) is 0. The van der Waals surface area contributed by atoms with Gasteiger partial charge in [0.1, 0.15) is 0 Å². The van der Waals surface area contributed by atoms with Gasteiger partial charge in [0, 0.05) is 0 Å². The van der Waals surface area contributed by atoms with E-state index in [9.17, 15) is 8.42 Å². The van der Waals surface area contributed by atoms with Gasteiger partial charge >= 0.3 is 0 Å². The molecule has 4 heteroatoms. The second kappa shape index (κ2) is 3.34. The number of hydrogen-bond acceptors (Lipinski definition) is 3. The predicted octanol–water partition coefficient (Wildman–Crippen LogP) is 1.25. The maximum atomic E-state index is 11.0. The Balaban J connectivity index is 2.66. The molecule has 1 fully saturated rings. The molecule has 72 valence electrons. The average Bonchev–Trinajstić information content (AvgIpc) is 1.83. The summed E-state index contributed by atoms with van der Waals surface area (Å²) >= 11 is 0. The van der Waals surface area contributed by atoms with Crippen LogP contribution in [-0.4, -0.2) is 20.8 Å². The normalized spacial score (nSPS) is 35.3. The molecular weight excluding hydrogens is 176 g/mol. The Kier molecular flexibility index (Phi) is 2.78. The molecule has 0 aromatic carbocycles. The molecule has 0 N–H and O–H groups in total. The zero-order valence-corrected chi connectivity index (χ0v) is 8.60. The van der Waals surface area contributed by atoms with E-state index >= 15 is 0 Å². The van der Waals surface area contributed by atoms with E-state index in [-0.39, 0.29) is 11.7 Å². The highest BCUT2D eigenvalue weighted by molar-refractivity contribution is 7.86. The third-order valence-corrected chi connectivity index (χ3v) is 3.92. The molecule has 0 saturated carbocycles. The van der Waals surface area contributed by atoms with Gasteiger partial charge in [-0.3, -0.25) is 4.18 Å². The molecule has 1 saturated heterocycles. The molecule has 1 heterocycles. The van der Waals surface area contributed by atoms with Gasteiger partial charge in [0.05, 0.1) is 12.4 Å². The summed E-state index contributed by atoms with van der Waals surface area (Å²) in [6, 6.07) is 0. The third kappa shape index (κ3) is 2.20. The van der Waals surface area contributed by atoms with E-state index in [2.05, 4.69) is 13.8 Å². The molecule has 0 aliphatic carbocycles. The van der Waals surface area contributed by atoms with Gasteiger partial charge in [-0.15, -0.1) is 0 Å². The van der Waals surface area contributed by atoms with Crippen LogP contribution in [0.3, 0.4) is 0 Å². The molecule has 0 amide bonds. The van der Waals surface area contributed by atoms with Crippen molar-refractivity contribution in [2.75, 3.05) is 12.4 Å². The van der Waals surface area contributed by atoms with E-state index < -0.39 is 10.1 Å². The first-order chi connectivity index (χ1) is 5.42. The Morgan fingerprint density at radius 2 is 2.00 bits per heavy atom. The monoisotopic (exact) mass is 192 g/mol. The SMILES string of the molecule is CC(C)[C@@H]1COS(=O)(=O)C[C@@H]1C. The lowest BCUT2D eigenvalue weighted by molar-refractivity contribution is 0.147. The second-order valence-corrected chi connectivity index (χ2v) is 5.58. The Hall–Kier alpha value is -0.0900. The van der Waals surface area contributed by atoms with Gasteiger partial charge in [-0.1, -0.05) is 20.8 Å². The summed E-state index contributed by atoms with van der Waals surface area (Å²) in [5.41, 5.74) is 0. The van der Waals surface area contributed by atoms with Gasteiger partial charge in [-0.05, 0) is 17.8 Å². The van der Waals surface area contributed by atoms with Crippen LogP contribution in [0.2, 0.25) is 0 Å². The zero-order chi connectivity index (χ0) is 9.35. The quantitative estimate of drug-likeness (QED) is 0.587. The Bertz CT molecular complexity index is 243. The fraction of sp³-hybridized carbons (Fsp3) is 1.00. The van der Waals surface area contributed by atoms with Gasteiger partial charge in [0.15, 0.2) is 0 Å². The van der Waals surface area contributed by atoms with Crippen molar-refractivity contribution in [3.8, 4) is 0 Å². The minimum absolute atomic E-state index is 0.176. The topological polar surface area (TPSA) is 43.4 Å². The predicted molar refractivity (Wildman–Crippen MR) is 47.2 cm³/mol. The molecule has 1 rings (SSSR count). The summed E-state index contributed by atoms with van der Waals surface area (Å²) in [6.07, 6.45) is 0. The summed E-state index contributed by atoms with van der Waals surface area (Å²) in [5.74, 6) is 1.28. The van der Waals surface area contributed by atoms with Crippen molar-refractivity contribution in [1.82, 2.24) is 0 Å². The van der Waals surface area contributed by atoms with Gasteiger partial charge in [0.25, 0.3) is 10.1 Å². The Morgan fingerprint density at radius 1 is 1.42 bits per heavy atom. The van der Waals surface area contributed by atoms with E-state index in [1.165, 1.54) is 0 Å². The molecule has 0 spiro atoms. The fourth-order valence-corrected chi connectivity index (χ4v) is 3.04. The maximum absolute atomic E-state index is 11.0. The van der Waals surface area contributed by atoms with Crippen LogP contribution in [0, 0.1) is 17.8 Å². The zero-order valence-electron chi connectivity index (χ0n) is 7.78. The summed E-state index contributed by atoms with van der Waals surface area (Å²) in [6.45, 7) is 6.54. The molecule has 0 bridgehead atoms. The summed E-state index contributed by atoms with van der Waals surface area (Å²) in [7, 11) is -3.20. The van der Waals surface area contributed by atoms with Crippen LogP contribution in [0.15, 0.2) is 0 Å². The molecule has 1 aliphatic heterocycles. The van der Waals surface area contributed by atoms with Gasteiger partial charge in [-0.2, -0.15) is 8.42 Å². The Labute approximate surface area is 74.2 Å². The number of rotatable bonds is 1. The van der Waals surface area contributed by atoms with E-state index in [1.54, 1.807) is 0 Å². The van der Waals surface area contributed by atoms with Crippen molar-refractivity contribution >= 4 is 10.1 Å². The van der Waals surface area contributed by atoms with Crippen molar-refractivity contribution in [2.45, 2.75) is 20.8 Å². The number of hydrogen-bond donors (Lipinski definition) is 0. The largest absolute Gasteiger partial charge is 0.270 e. The average molecular weight is 192 g/mol. The van der Waals surface area contributed by atoms with Crippen LogP contribution in [0.4, 0.5) is 0 Å². The third-order valence-electron chi connectivity index (χ3n) is 2.49. The van der Waals surface area contributed by atoms with Crippen molar-refractivity contribution in [3.05, 3.63) is 0 Å². The molecule has 2 atom stereocenters. The van der Waals surface area contributed by atoms with Gasteiger partial charge in [-0.25, -0.2) is 0 Å². The van der Waals surface area contributed by atoms with E-state index in [1.807, 2.05) is 6.92 Å². The van der Waals surface area contributed by atoms with Crippen LogP contribution in [0.25, 0.3) is 0 Å². The summed E-state index contributed by atoms with van der Waals surface area (Å²) in [4.78, 5) is 0. The molecule has 0 radical (unpaired) electrons. The lowest BCUT2D eigenvalue weighted by Crippen LogP contribution is -2.35. The molecule has 1 aliphatic rings. The van der Waals surface area contributed by atoms with Crippen LogP contribution in [0.1, 0.15) is 20.8 Å². The lowest BCUT2D eigenvalue weighted by Gasteiger charge is -2.30. The minimum atomic E-state index is -3.20. The first kappa shape index (κ1) is 9.99. The highest BCUT2D eigenvalue weighted by atomic mass is 32.2. The molecule has 0 aromatic heterocycles. The summed E-state index contributed by atoms with van der Waals surface area (Å²) < 4.78 is 26.8. The first-order valence-corrected chi connectivity index (χ1v) is 5.87. The van der Waals surface area contributed by atoms with Gasteiger partial charge in [0.2, 0.25) is 0 Å². The van der Waals surface area contributed by atoms with E-state index in [4.69, 9.17) is 4.18 Å². The lowest BCUT2D eigenvalue weighted by atomic mass is 9.86. The van der Waals surface area contributed by atoms with Crippen molar-refractivity contribution in [1.29, 1.82) is 0 Å². The standard InChI is InChI=1S/C8H16O3S/c1-6(2)8-4-11-12(9,10)5-7(8)3/h6-8H,4-5H2,1-3H3/t7-,8-/m0/s1. The molecular formula is C8H16O3S. The maximum Gasteiger partial charge on any atom is 0.267 e. The van der Waals surface area contributed by atoms with E-state index in [0.29, 0.717) is 18.4 Å². The molecule has 3 nitrogen and oxygen atoms in total. The van der Waals surface area contributed by atoms with Crippen LogP contribution in [-0.2, 0) is 14.3 Å². The van der Waals surface area contributed by atoms with Crippen LogP contribution in [0.5, 0.6) is 0 Å². The van der Waals surface area contributed by atoms with Crippen LogP contribution >= 0.6 is 0 Å². The minimum Gasteiger partial charge on any atom is -0.270 e. The highest BCUT2D eigenvalue weighted by Gasteiger charge is 2.32. The van der Waals surface area contributed by atoms with Crippen molar-refractivity contribution in [2.24, 2.45) is 17.8 Å². The van der Waals surface area contributed by atoms with Crippen molar-refractivity contribution < 1.29 is 12.6 Å². The smallest absolute Gasteiger partial charge is 0.267 e. The molecule has 0 aromatic rings. The van der Waals surface area contributed by atoms with Crippen LogP contribution < -0.4 is 0 Å². The fourth-order valence-electron chi connectivity index (χ4n) is 1.69.